The third kappa shape index (κ3) is 5.22. The first kappa shape index (κ1) is 18.2. The molecule has 5 nitrogen and oxygen atoms in total. The highest BCUT2D eigenvalue weighted by atomic mass is 15.2. The fourth-order valence-corrected chi connectivity index (χ4v) is 3.16. The molecule has 0 aliphatic carbocycles. The molecule has 26 heavy (non-hydrogen) atoms. The number of guanidine groups is 1. The van der Waals surface area contributed by atoms with Crippen LogP contribution in [-0.2, 0) is 13.1 Å². The Hall–Kier alpha value is -2.56. The lowest BCUT2D eigenvalue weighted by Gasteiger charge is -2.16. The Morgan fingerprint density at radius 3 is 2.65 bits per heavy atom. The van der Waals surface area contributed by atoms with Crippen LogP contribution in [-0.4, -0.2) is 30.6 Å². The van der Waals surface area contributed by atoms with E-state index in [9.17, 15) is 0 Å². The Balaban J connectivity index is 1.57. The van der Waals surface area contributed by atoms with Crippen LogP contribution < -0.4 is 15.5 Å². The van der Waals surface area contributed by atoms with Crippen LogP contribution in [0.1, 0.15) is 36.5 Å². The van der Waals surface area contributed by atoms with Crippen molar-refractivity contribution in [1.29, 1.82) is 0 Å². The summed E-state index contributed by atoms with van der Waals surface area (Å²) in [7, 11) is 0. The second-order valence-electron chi connectivity index (χ2n) is 6.76. The molecule has 2 N–H and O–H groups in total. The molecule has 0 unspecified atom stereocenters. The van der Waals surface area contributed by atoms with Crippen molar-refractivity contribution in [2.45, 2.75) is 39.8 Å². The standard InChI is InChI=1S/C21H29N5/c1-3-22-21(24-14-18-8-6-7-17(2)13-18)25-16-19-9-10-20(23-15-19)26-11-4-5-12-26/h6-10,13,15H,3-5,11-12,14,16H2,1-2H3,(H2,22,24,25). The number of anilines is 1. The van der Waals surface area contributed by atoms with Gasteiger partial charge in [0.25, 0.3) is 0 Å². The molecule has 0 radical (unpaired) electrons. The Morgan fingerprint density at radius 2 is 1.96 bits per heavy atom. The van der Waals surface area contributed by atoms with Crippen LogP contribution in [0.25, 0.3) is 0 Å². The number of rotatable bonds is 6. The zero-order valence-corrected chi connectivity index (χ0v) is 15.8. The summed E-state index contributed by atoms with van der Waals surface area (Å²) in [5.41, 5.74) is 3.66. The van der Waals surface area contributed by atoms with Gasteiger partial charge in [0.2, 0.25) is 0 Å². The van der Waals surface area contributed by atoms with Crippen molar-refractivity contribution in [3.8, 4) is 0 Å². The maximum absolute atomic E-state index is 4.69. The first-order valence-corrected chi connectivity index (χ1v) is 9.52. The molecule has 0 bridgehead atoms. The molecule has 2 heterocycles. The minimum Gasteiger partial charge on any atom is -0.357 e. The normalized spacial score (nSPS) is 14.5. The van der Waals surface area contributed by atoms with E-state index >= 15 is 0 Å². The number of aryl methyl sites for hydroxylation is 1. The minimum atomic E-state index is 0.621. The van der Waals surface area contributed by atoms with Gasteiger partial charge in [-0.3, -0.25) is 0 Å². The van der Waals surface area contributed by atoms with Crippen molar-refractivity contribution in [2.24, 2.45) is 4.99 Å². The second kappa shape index (κ2) is 9.22. The maximum atomic E-state index is 4.69. The molecule has 0 spiro atoms. The van der Waals surface area contributed by atoms with Gasteiger partial charge >= 0.3 is 0 Å². The largest absolute Gasteiger partial charge is 0.357 e. The lowest BCUT2D eigenvalue weighted by molar-refractivity contribution is 0.814. The molecular weight excluding hydrogens is 322 g/mol. The predicted octanol–water partition coefficient (Wildman–Crippen LogP) is 3.25. The molecule has 0 amide bonds. The highest BCUT2D eigenvalue weighted by Crippen LogP contribution is 2.17. The van der Waals surface area contributed by atoms with E-state index in [0.29, 0.717) is 6.54 Å². The molecule has 1 aromatic heterocycles. The summed E-state index contributed by atoms with van der Waals surface area (Å²) < 4.78 is 0. The van der Waals surface area contributed by atoms with Crippen molar-refractivity contribution >= 4 is 11.8 Å². The third-order valence-corrected chi connectivity index (χ3v) is 4.55. The summed E-state index contributed by atoms with van der Waals surface area (Å²) in [5.74, 6) is 1.91. The quantitative estimate of drug-likeness (QED) is 0.620. The first-order valence-electron chi connectivity index (χ1n) is 9.52. The Bertz CT molecular complexity index is 717. The highest BCUT2D eigenvalue weighted by Gasteiger charge is 2.12. The van der Waals surface area contributed by atoms with E-state index in [1.807, 2.05) is 6.20 Å². The van der Waals surface area contributed by atoms with Gasteiger partial charge < -0.3 is 15.5 Å². The van der Waals surface area contributed by atoms with Gasteiger partial charge in [0.1, 0.15) is 5.82 Å². The second-order valence-corrected chi connectivity index (χ2v) is 6.76. The monoisotopic (exact) mass is 351 g/mol. The SMILES string of the molecule is CCNC(=NCc1ccc(N2CCCC2)nc1)NCc1cccc(C)c1. The summed E-state index contributed by atoms with van der Waals surface area (Å²) in [4.78, 5) is 11.6. The van der Waals surface area contributed by atoms with E-state index in [1.54, 1.807) is 0 Å². The van der Waals surface area contributed by atoms with E-state index in [2.05, 4.69) is 75.8 Å². The molecular formula is C21H29N5. The number of hydrogen-bond acceptors (Lipinski definition) is 3. The summed E-state index contributed by atoms with van der Waals surface area (Å²) in [5, 5.41) is 6.70. The smallest absolute Gasteiger partial charge is 0.191 e. The van der Waals surface area contributed by atoms with Gasteiger partial charge in [0.15, 0.2) is 5.96 Å². The van der Waals surface area contributed by atoms with Gasteiger partial charge in [-0.15, -0.1) is 0 Å². The molecule has 1 aliphatic heterocycles. The van der Waals surface area contributed by atoms with Crippen LogP contribution in [0.3, 0.4) is 0 Å². The van der Waals surface area contributed by atoms with E-state index in [-0.39, 0.29) is 0 Å². The Kier molecular flexibility index (Phi) is 6.47. The number of aromatic nitrogens is 1. The number of hydrogen-bond donors (Lipinski definition) is 2. The van der Waals surface area contributed by atoms with Gasteiger partial charge in [-0.2, -0.15) is 0 Å². The topological polar surface area (TPSA) is 52.6 Å². The van der Waals surface area contributed by atoms with Gasteiger partial charge in [-0.25, -0.2) is 9.98 Å². The van der Waals surface area contributed by atoms with Crippen LogP contribution in [0.2, 0.25) is 0 Å². The first-order chi connectivity index (χ1) is 12.7. The molecule has 0 atom stereocenters. The van der Waals surface area contributed by atoms with Crippen molar-refractivity contribution in [1.82, 2.24) is 15.6 Å². The Labute approximate surface area is 156 Å². The number of nitrogens with zero attached hydrogens (tertiary/aromatic N) is 3. The van der Waals surface area contributed by atoms with E-state index in [4.69, 9.17) is 0 Å². The number of aliphatic imine (C=N–C) groups is 1. The van der Waals surface area contributed by atoms with Crippen LogP contribution >= 0.6 is 0 Å². The summed E-state index contributed by atoms with van der Waals surface area (Å²) >= 11 is 0. The fourth-order valence-electron chi connectivity index (χ4n) is 3.16. The zero-order valence-electron chi connectivity index (χ0n) is 15.8. The summed E-state index contributed by atoms with van der Waals surface area (Å²) in [6.07, 6.45) is 4.49. The van der Waals surface area contributed by atoms with Gasteiger partial charge in [0, 0.05) is 32.4 Å². The van der Waals surface area contributed by atoms with Gasteiger partial charge in [0.05, 0.1) is 6.54 Å². The average molecular weight is 351 g/mol. The Morgan fingerprint density at radius 1 is 1.12 bits per heavy atom. The molecule has 2 aromatic rings. The lowest BCUT2D eigenvalue weighted by Crippen LogP contribution is -2.36. The molecule has 1 fully saturated rings. The molecule has 138 valence electrons. The van der Waals surface area contributed by atoms with Crippen LogP contribution in [0.15, 0.2) is 47.6 Å². The zero-order chi connectivity index (χ0) is 18.2. The van der Waals surface area contributed by atoms with Crippen LogP contribution in [0.4, 0.5) is 5.82 Å². The molecule has 1 saturated heterocycles. The molecule has 0 saturated carbocycles. The van der Waals surface area contributed by atoms with Crippen molar-refractivity contribution in [2.75, 3.05) is 24.5 Å². The van der Waals surface area contributed by atoms with Gasteiger partial charge in [-0.1, -0.05) is 35.9 Å². The lowest BCUT2D eigenvalue weighted by atomic mass is 10.1. The van der Waals surface area contributed by atoms with Crippen molar-refractivity contribution in [3.05, 3.63) is 59.3 Å². The third-order valence-electron chi connectivity index (χ3n) is 4.55. The van der Waals surface area contributed by atoms with Crippen LogP contribution in [0.5, 0.6) is 0 Å². The molecule has 3 rings (SSSR count). The molecule has 1 aromatic carbocycles. The average Bonchev–Trinajstić information content (AvgIpc) is 3.19. The summed E-state index contributed by atoms with van der Waals surface area (Å²) in [6, 6.07) is 12.8. The van der Waals surface area contributed by atoms with E-state index < -0.39 is 0 Å². The molecule has 1 aliphatic rings. The summed E-state index contributed by atoms with van der Waals surface area (Å²) in [6.45, 7) is 8.66. The van der Waals surface area contributed by atoms with E-state index in [1.165, 1.54) is 24.0 Å². The number of benzene rings is 1. The number of pyridine rings is 1. The highest BCUT2D eigenvalue weighted by molar-refractivity contribution is 5.79. The predicted molar refractivity (Wildman–Crippen MR) is 109 cm³/mol. The maximum Gasteiger partial charge on any atom is 0.191 e. The fraction of sp³-hybridized carbons (Fsp3) is 0.429. The number of nitrogens with one attached hydrogen (secondary N) is 2. The van der Waals surface area contributed by atoms with Crippen molar-refractivity contribution < 1.29 is 0 Å². The van der Waals surface area contributed by atoms with Crippen molar-refractivity contribution in [3.63, 3.8) is 0 Å². The molecule has 5 heteroatoms. The van der Waals surface area contributed by atoms with Gasteiger partial charge in [-0.05, 0) is 43.9 Å². The minimum absolute atomic E-state index is 0.621. The van der Waals surface area contributed by atoms with Crippen LogP contribution in [0, 0.1) is 6.92 Å². The van der Waals surface area contributed by atoms with E-state index in [0.717, 1.165) is 43.5 Å².